The summed E-state index contributed by atoms with van der Waals surface area (Å²) in [6, 6.07) is 9.86. The first-order valence-electron chi connectivity index (χ1n) is 11.1. The van der Waals surface area contributed by atoms with Gasteiger partial charge in [-0.25, -0.2) is 22.0 Å². The lowest BCUT2D eigenvalue weighted by atomic mass is 10.0. The van der Waals surface area contributed by atoms with Crippen LogP contribution in [0.4, 0.5) is 43.9 Å². The molecule has 39 heavy (non-hydrogen) atoms. The minimum atomic E-state index is -5.01. The van der Waals surface area contributed by atoms with E-state index in [0.29, 0.717) is 18.2 Å². The van der Waals surface area contributed by atoms with Gasteiger partial charge in [-0.3, -0.25) is 0 Å². The lowest BCUT2D eigenvalue weighted by Gasteiger charge is -2.20. The molecule has 0 N–H and O–H groups in total. The number of fused-ring (bicyclic) bond motifs is 1. The summed E-state index contributed by atoms with van der Waals surface area (Å²) in [6.07, 6.45) is -9.61. The Morgan fingerprint density at radius 3 is 2.00 bits per heavy atom. The third-order valence-corrected chi connectivity index (χ3v) is 5.61. The Bertz CT molecular complexity index is 1590. The standard InChI is InChI=1S/C28H14F10O/c29-21-4-2-1-3-16(21)6-5-15-11-23(31)25(24(32)12-15)28(37,38)39-18-7-8-19-17(13-18)14-22(30)20(26(19)33)9-10-27(34,35)36/h1-4,7-8,11-14H,5-6H2. The average Bonchev–Trinajstić information content (AvgIpc) is 2.81. The summed E-state index contributed by atoms with van der Waals surface area (Å²) in [5, 5.41) is -0.851. The van der Waals surface area contributed by atoms with Crippen LogP contribution in [0.25, 0.3) is 10.8 Å². The fourth-order valence-corrected chi connectivity index (χ4v) is 3.85. The Morgan fingerprint density at radius 1 is 0.692 bits per heavy atom. The Balaban J connectivity index is 1.60. The van der Waals surface area contributed by atoms with E-state index in [1.807, 2.05) is 0 Å². The van der Waals surface area contributed by atoms with E-state index in [1.165, 1.54) is 24.1 Å². The molecule has 1 nitrogen and oxygen atoms in total. The highest BCUT2D eigenvalue weighted by Crippen LogP contribution is 2.37. The zero-order chi connectivity index (χ0) is 28.5. The second-order valence-electron chi connectivity index (χ2n) is 8.32. The molecule has 0 amide bonds. The maximum Gasteiger partial charge on any atom is 0.458 e. The Morgan fingerprint density at radius 2 is 1.36 bits per heavy atom. The minimum absolute atomic E-state index is 0.0196. The van der Waals surface area contributed by atoms with Gasteiger partial charge in [-0.15, -0.1) is 0 Å². The molecule has 0 heterocycles. The smallest absolute Gasteiger partial charge is 0.429 e. The zero-order valence-electron chi connectivity index (χ0n) is 19.4. The van der Waals surface area contributed by atoms with Gasteiger partial charge >= 0.3 is 12.3 Å². The summed E-state index contributed by atoms with van der Waals surface area (Å²) in [7, 11) is 0. The number of benzene rings is 4. The molecular weight excluding hydrogens is 542 g/mol. The predicted molar refractivity (Wildman–Crippen MR) is 121 cm³/mol. The van der Waals surface area contributed by atoms with E-state index in [2.05, 4.69) is 4.74 Å². The fourth-order valence-electron chi connectivity index (χ4n) is 3.85. The largest absolute Gasteiger partial charge is 0.458 e. The normalized spacial score (nSPS) is 11.8. The summed E-state index contributed by atoms with van der Waals surface area (Å²) in [4.78, 5) is 0. The monoisotopic (exact) mass is 556 g/mol. The summed E-state index contributed by atoms with van der Waals surface area (Å²) >= 11 is 0. The predicted octanol–water partition coefficient (Wildman–Crippen LogP) is 8.36. The van der Waals surface area contributed by atoms with Crippen LogP contribution in [0.1, 0.15) is 22.3 Å². The highest BCUT2D eigenvalue weighted by Gasteiger charge is 2.41. The fraction of sp³-hybridized carbons (Fsp3) is 0.143. The van der Waals surface area contributed by atoms with Gasteiger partial charge in [-0.2, -0.15) is 22.0 Å². The second-order valence-corrected chi connectivity index (χ2v) is 8.32. The van der Waals surface area contributed by atoms with Gasteiger partial charge in [0.25, 0.3) is 0 Å². The summed E-state index contributed by atoms with van der Waals surface area (Å²) in [5.41, 5.74) is -2.67. The van der Waals surface area contributed by atoms with Crippen molar-refractivity contribution in [1.29, 1.82) is 0 Å². The molecule has 0 saturated heterocycles. The van der Waals surface area contributed by atoms with Crippen LogP contribution in [-0.2, 0) is 19.0 Å². The van der Waals surface area contributed by atoms with E-state index in [4.69, 9.17) is 0 Å². The molecule has 0 aromatic heterocycles. The Kier molecular flexibility index (Phi) is 7.50. The summed E-state index contributed by atoms with van der Waals surface area (Å²) in [6.45, 7) is 0. The highest BCUT2D eigenvalue weighted by atomic mass is 19.4. The highest BCUT2D eigenvalue weighted by molar-refractivity contribution is 5.86. The van der Waals surface area contributed by atoms with Gasteiger partial charge in [0.15, 0.2) is 0 Å². The van der Waals surface area contributed by atoms with Gasteiger partial charge in [0.1, 0.15) is 40.4 Å². The number of halogens is 10. The number of hydrogen-bond donors (Lipinski definition) is 0. The topological polar surface area (TPSA) is 9.23 Å². The van der Waals surface area contributed by atoms with Crippen LogP contribution in [0.2, 0.25) is 0 Å². The Hall–Kier alpha value is -4.20. The second kappa shape index (κ2) is 10.5. The summed E-state index contributed by atoms with van der Waals surface area (Å²) < 4.78 is 143. The quantitative estimate of drug-likeness (QED) is 0.171. The molecule has 0 aliphatic rings. The molecule has 202 valence electrons. The van der Waals surface area contributed by atoms with Crippen molar-refractivity contribution in [3.05, 3.63) is 112 Å². The van der Waals surface area contributed by atoms with Gasteiger partial charge in [-0.05, 0) is 71.8 Å². The van der Waals surface area contributed by atoms with Crippen LogP contribution in [0.3, 0.4) is 0 Å². The van der Waals surface area contributed by atoms with Crippen LogP contribution in [0.5, 0.6) is 5.75 Å². The van der Waals surface area contributed by atoms with Crippen molar-refractivity contribution < 1.29 is 48.6 Å². The molecule has 0 unspecified atom stereocenters. The maximum absolute atomic E-state index is 14.8. The first-order valence-corrected chi connectivity index (χ1v) is 11.1. The van der Waals surface area contributed by atoms with E-state index in [-0.39, 0.29) is 29.4 Å². The minimum Gasteiger partial charge on any atom is -0.429 e. The maximum atomic E-state index is 14.8. The zero-order valence-corrected chi connectivity index (χ0v) is 19.4. The van der Waals surface area contributed by atoms with Crippen molar-refractivity contribution >= 4 is 10.8 Å². The van der Waals surface area contributed by atoms with Gasteiger partial charge in [0.2, 0.25) is 0 Å². The van der Waals surface area contributed by atoms with Gasteiger partial charge in [-0.1, -0.05) is 24.1 Å². The molecule has 11 heteroatoms. The van der Waals surface area contributed by atoms with Crippen LogP contribution < -0.4 is 4.74 Å². The van der Waals surface area contributed by atoms with Gasteiger partial charge < -0.3 is 4.74 Å². The van der Waals surface area contributed by atoms with Crippen molar-refractivity contribution in [3.8, 4) is 17.6 Å². The first kappa shape index (κ1) is 27.8. The van der Waals surface area contributed by atoms with Crippen molar-refractivity contribution in [1.82, 2.24) is 0 Å². The number of hydrogen-bond acceptors (Lipinski definition) is 1. The van der Waals surface area contributed by atoms with E-state index in [1.54, 1.807) is 6.07 Å². The molecule has 0 fully saturated rings. The van der Waals surface area contributed by atoms with Crippen molar-refractivity contribution in [2.75, 3.05) is 0 Å². The Labute approximate surface area is 214 Å². The average molecular weight is 556 g/mol. The van der Waals surface area contributed by atoms with Crippen molar-refractivity contribution in [2.24, 2.45) is 0 Å². The van der Waals surface area contributed by atoms with Crippen molar-refractivity contribution in [2.45, 2.75) is 25.1 Å². The molecule has 0 atom stereocenters. The molecule has 0 radical (unpaired) electrons. The molecule has 0 spiro atoms. The van der Waals surface area contributed by atoms with Gasteiger partial charge in [0.05, 0.1) is 5.56 Å². The van der Waals surface area contributed by atoms with E-state index in [9.17, 15) is 43.9 Å². The molecule has 0 aliphatic carbocycles. The van der Waals surface area contributed by atoms with Crippen LogP contribution in [0.15, 0.2) is 60.7 Å². The van der Waals surface area contributed by atoms with E-state index in [0.717, 1.165) is 24.1 Å². The molecule has 4 aromatic carbocycles. The first-order chi connectivity index (χ1) is 18.2. The molecule has 0 saturated carbocycles. The lowest BCUT2D eigenvalue weighted by Crippen LogP contribution is -2.25. The molecule has 0 bridgehead atoms. The SMILES string of the molecule is Fc1ccccc1CCc1cc(F)c(C(F)(F)Oc2ccc3c(F)c(C#CC(F)(F)F)c(F)cc3c2)c(F)c1. The van der Waals surface area contributed by atoms with E-state index >= 15 is 0 Å². The number of ether oxygens (including phenoxy) is 1. The molecule has 0 aliphatic heterocycles. The number of rotatable bonds is 6. The third-order valence-electron chi connectivity index (χ3n) is 5.61. The van der Waals surface area contributed by atoms with Crippen LogP contribution in [-0.4, -0.2) is 6.18 Å². The molecule has 4 rings (SSSR count). The third kappa shape index (κ3) is 6.28. The van der Waals surface area contributed by atoms with Gasteiger partial charge in [0, 0.05) is 11.3 Å². The van der Waals surface area contributed by atoms with Crippen molar-refractivity contribution in [3.63, 3.8) is 0 Å². The molecule has 4 aromatic rings. The van der Waals surface area contributed by atoms with Crippen LogP contribution in [0, 0.1) is 40.9 Å². The number of aryl methyl sites for hydroxylation is 2. The van der Waals surface area contributed by atoms with E-state index < -0.39 is 63.6 Å². The lowest BCUT2D eigenvalue weighted by molar-refractivity contribution is -0.189. The molecular formula is C28H14F10O. The number of alkyl halides is 5. The summed E-state index contributed by atoms with van der Waals surface area (Å²) in [5.74, 6) is -5.45. The van der Waals surface area contributed by atoms with Crippen LogP contribution >= 0.6 is 0 Å².